The van der Waals surface area contributed by atoms with E-state index in [1.807, 2.05) is 36.7 Å². The predicted molar refractivity (Wildman–Crippen MR) is 141 cm³/mol. The standard InChI is InChI=1S/C29H28N4O3/c1-36-29(35)22-7-3-9-24(16-22)32-28(34)21-6-2-5-20(15-21)18-33-14-12-25(19-33)31-27-10-4-8-23-17-30-13-11-26(23)27/h2-11,13,15-17,25,31H,12,14,18-19H2,1H3,(H,32,34). The molecule has 7 nitrogen and oxygen atoms in total. The number of methoxy groups -OCH3 is 1. The number of likely N-dealkylation sites (tertiary alicyclic amines) is 1. The van der Waals surface area contributed by atoms with Crippen LogP contribution in [0.3, 0.4) is 0 Å². The van der Waals surface area contributed by atoms with E-state index in [1.54, 1.807) is 30.3 Å². The minimum atomic E-state index is -0.441. The maximum absolute atomic E-state index is 12.9. The van der Waals surface area contributed by atoms with Crippen LogP contribution in [0.4, 0.5) is 11.4 Å². The third-order valence-corrected chi connectivity index (χ3v) is 6.45. The quantitative estimate of drug-likeness (QED) is 0.364. The van der Waals surface area contributed by atoms with Crippen LogP contribution in [-0.4, -0.2) is 48.0 Å². The van der Waals surface area contributed by atoms with Crippen molar-refractivity contribution >= 4 is 34.0 Å². The van der Waals surface area contributed by atoms with E-state index in [-0.39, 0.29) is 5.91 Å². The van der Waals surface area contributed by atoms with Crippen molar-refractivity contribution in [1.82, 2.24) is 9.88 Å². The molecular weight excluding hydrogens is 452 g/mol. The van der Waals surface area contributed by atoms with Crippen LogP contribution in [0.1, 0.15) is 32.7 Å². The first-order valence-corrected chi connectivity index (χ1v) is 12.0. The molecule has 2 N–H and O–H groups in total. The van der Waals surface area contributed by atoms with Gasteiger partial charge in [-0.1, -0.05) is 30.3 Å². The van der Waals surface area contributed by atoms with Gasteiger partial charge in [-0.2, -0.15) is 0 Å². The fourth-order valence-electron chi connectivity index (χ4n) is 4.68. The zero-order valence-corrected chi connectivity index (χ0v) is 20.1. The number of hydrogen-bond acceptors (Lipinski definition) is 6. The van der Waals surface area contributed by atoms with Crippen molar-refractivity contribution in [3.63, 3.8) is 0 Å². The van der Waals surface area contributed by atoms with E-state index in [1.165, 1.54) is 12.5 Å². The van der Waals surface area contributed by atoms with Crippen LogP contribution in [0.25, 0.3) is 10.8 Å². The number of nitrogens with zero attached hydrogens (tertiary/aromatic N) is 2. The molecule has 36 heavy (non-hydrogen) atoms. The number of ether oxygens (including phenoxy) is 1. The summed E-state index contributed by atoms with van der Waals surface area (Å²) in [6.07, 6.45) is 4.77. The number of carbonyl (C=O) groups excluding carboxylic acids is 2. The lowest BCUT2D eigenvalue weighted by Crippen LogP contribution is -2.26. The SMILES string of the molecule is COC(=O)c1cccc(NC(=O)c2cccc(CN3CCC(Nc4cccc5cnccc45)C3)c2)c1. The van der Waals surface area contributed by atoms with Crippen molar-refractivity contribution in [3.8, 4) is 0 Å². The average molecular weight is 481 g/mol. The zero-order valence-electron chi connectivity index (χ0n) is 20.1. The first kappa shape index (κ1) is 23.5. The fraction of sp³-hybridized carbons (Fsp3) is 0.207. The van der Waals surface area contributed by atoms with Crippen molar-refractivity contribution < 1.29 is 14.3 Å². The molecule has 5 rings (SSSR count). The molecule has 1 saturated heterocycles. The number of anilines is 2. The summed E-state index contributed by atoms with van der Waals surface area (Å²) >= 11 is 0. The predicted octanol–water partition coefficient (Wildman–Crippen LogP) is 4.96. The van der Waals surface area contributed by atoms with Crippen molar-refractivity contribution in [2.75, 3.05) is 30.8 Å². The lowest BCUT2D eigenvalue weighted by molar-refractivity contribution is 0.0600. The van der Waals surface area contributed by atoms with Crippen LogP contribution in [0.15, 0.2) is 85.2 Å². The number of esters is 1. The zero-order chi connectivity index (χ0) is 24.9. The number of rotatable bonds is 7. The molecule has 1 aliphatic rings. The van der Waals surface area contributed by atoms with Gasteiger partial charge >= 0.3 is 5.97 Å². The Bertz CT molecular complexity index is 1400. The number of nitrogens with one attached hydrogen (secondary N) is 2. The Morgan fingerprint density at radius 3 is 2.75 bits per heavy atom. The molecule has 2 heterocycles. The lowest BCUT2D eigenvalue weighted by atomic mass is 10.1. The molecule has 1 aliphatic heterocycles. The van der Waals surface area contributed by atoms with E-state index in [0.29, 0.717) is 22.9 Å². The molecule has 0 aliphatic carbocycles. The molecule has 182 valence electrons. The highest BCUT2D eigenvalue weighted by atomic mass is 16.5. The van der Waals surface area contributed by atoms with Gasteiger partial charge in [-0.25, -0.2) is 4.79 Å². The molecule has 0 saturated carbocycles. The van der Waals surface area contributed by atoms with E-state index in [0.717, 1.165) is 42.7 Å². The average Bonchev–Trinajstić information content (AvgIpc) is 3.35. The van der Waals surface area contributed by atoms with Gasteiger partial charge in [0.1, 0.15) is 0 Å². The second-order valence-corrected chi connectivity index (χ2v) is 8.99. The summed E-state index contributed by atoms with van der Waals surface area (Å²) < 4.78 is 4.76. The first-order chi connectivity index (χ1) is 17.6. The normalized spacial score (nSPS) is 15.5. The topological polar surface area (TPSA) is 83.6 Å². The van der Waals surface area contributed by atoms with Crippen LogP contribution in [-0.2, 0) is 11.3 Å². The van der Waals surface area contributed by atoms with E-state index in [9.17, 15) is 9.59 Å². The first-order valence-electron chi connectivity index (χ1n) is 12.0. The van der Waals surface area contributed by atoms with Crippen LogP contribution in [0.5, 0.6) is 0 Å². The molecule has 7 heteroatoms. The monoisotopic (exact) mass is 480 g/mol. The number of amides is 1. The molecular formula is C29H28N4O3. The summed E-state index contributed by atoms with van der Waals surface area (Å²) in [6.45, 7) is 2.69. The minimum absolute atomic E-state index is 0.217. The van der Waals surface area contributed by atoms with Crippen molar-refractivity contribution in [3.05, 3.63) is 102 Å². The lowest BCUT2D eigenvalue weighted by Gasteiger charge is -2.18. The Kier molecular flexibility index (Phi) is 6.91. The molecule has 4 aromatic rings. The molecule has 1 atom stereocenters. The molecule has 0 bridgehead atoms. The number of carbonyl (C=O) groups is 2. The molecule has 1 amide bonds. The van der Waals surface area contributed by atoms with E-state index in [4.69, 9.17) is 4.74 Å². The number of benzene rings is 3. The van der Waals surface area contributed by atoms with Crippen molar-refractivity contribution in [2.45, 2.75) is 19.0 Å². The number of aromatic nitrogens is 1. The highest BCUT2D eigenvalue weighted by molar-refractivity contribution is 6.05. The summed E-state index contributed by atoms with van der Waals surface area (Å²) in [6, 6.07) is 23.1. The Morgan fingerprint density at radius 2 is 1.86 bits per heavy atom. The summed E-state index contributed by atoms with van der Waals surface area (Å²) in [7, 11) is 1.33. The summed E-state index contributed by atoms with van der Waals surface area (Å²) in [5.41, 5.74) is 3.74. The van der Waals surface area contributed by atoms with E-state index in [2.05, 4.69) is 38.7 Å². The van der Waals surface area contributed by atoms with Gasteiger partial charge in [-0.3, -0.25) is 14.7 Å². The highest BCUT2D eigenvalue weighted by Crippen LogP contribution is 2.25. The van der Waals surface area contributed by atoms with Gasteiger partial charge in [0, 0.05) is 65.8 Å². The Labute approximate surface area is 210 Å². The van der Waals surface area contributed by atoms with E-state index >= 15 is 0 Å². The van der Waals surface area contributed by atoms with Gasteiger partial charge in [0.15, 0.2) is 0 Å². The van der Waals surface area contributed by atoms with Crippen LogP contribution < -0.4 is 10.6 Å². The molecule has 0 radical (unpaired) electrons. The Balaban J connectivity index is 1.20. The molecule has 3 aromatic carbocycles. The second kappa shape index (κ2) is 10.6. The number of fused-ring (bicyclic) bond motifs is 1. The summed E-state index contributed by atoms with van der Waals surface area (Å²) in [4.78, 5) is 31.3. The van der Waals surface area contributed by atoms with Gasteiger partial charge in [0.25, 0.3) is 5.91 Å². The maximum Gasteiger partial charge on any atom is 0.337 e. The van der Waals surface area contributed by atoms with Gasteiger partial charge in [-0.05, 0) is 54.4 Å². The third-order valence-electron chi connectivity index (χ3n) is 6.45. The highest BCUT2D eigenvalue weighted by Gasteiger charge is 2.23. The second-order valence-electron chi connectivity index (χ2n) is 8.99. The smallest absolute Gasteiger partial charge is 0.337 e. The van der Waals surface area contributed by atoms with Gasteiger partial charge in [-0.15, -0.1) is 0 Å². The Morgan fingerprint density at radius 1 is 1.03 bits per heavy atom. The van der Waals surface area contributed by atoms with Crippen LogP contribution in [0.2, 0.25) is 0 Å². The summed E-state index contributed by atoms with van der Waals surface area (Å²) in [5, 5.41) is 8.89. The molecule has 0 spiro atoms. The summed E-state index contributed by atoms with van der Waals surface area (Å²) in [5.74, 6) is -0.658. The number of pyridine rings is 1. The Hall–Kier alpha value is -4.23. The molecule has 1 unspecified atom stereocenters. The van der Waals surface area contributed by atoms with Gasteiger partial charge in [0.05, 0.1) is 12.7 Å². The molecule has 1 fully saturated rings. The number of hydrogen-bond donors (Lipinski definition) is 2. The van der Waals surface area contributed by atoms with E-state index < -0.39 is 5.97 Å². The van der Waals surface area contributed by atoms with Gasteiger partial charge in [0.2, 0.25) is 0 Å². The van der Waals surface area contributed by atoms with Crippen LogP contribution >= 0.6 is 0 Å². The fourth-order valence-corrected chi connectivity index (χ4v) is 4.68. The van der Waals surface area contributed by atoms with Crippen LogP contribution in [0, 0.1) is 0 Å². The minimum Gasteiger partial charge on any atom is -0.465 e. The molecule has 1 aromatic heterocycles. The largest absolute Gasteiger partial charge is 0.465 e. The maximum atomic E-state index is 12.9. The third kappa shape index (κ3) is 5.37. The van der Waals surface area contributed by atoms with Gasteiger partial charge < -0.3 is 15.4 Å². The van der Waals surface area contributed by atoms with Crippen molar-refractivity contribution in [2.24, 2.45) is 0 Å². The van der Waals surface area contributed by atoms with Crippen molar-refractivity contribution in [1.29, 1.82) is 0 Å².